The second-order valence-electron chi connectivity index (χ2n) is 9.03. The van der Waals surface area contributed by atoms with Crippen molar-refractivity contribution in [3.63, 3.8) is 0 Å². The normalized spacial score (nSPS) is 18.9. The molecule has 0 saturated heterocycles. The van der Waals surface area contributed by atoms with E-state index in [4.69, 9.17) is 26.0 Å². The highest BCUT2D eigenvalue weighted by Crippen LogP contribution is 2.53. The first-order valence-corrected chi connectivity index (χ1v) is 11.9. The predicted molar refractivity (Wildman–Crippen MR) is 135 cm³/mol. The lowest BCUT2D eigenvalue weighted by atomic mass is 9.58. The van der Waals surface area contributed by atoms with Crippen molar-refractivity contribution >= 4 is 17.2 Å². The molecule has 1 heterocycles. The maximum Gasteiger partial charge on any atom is 0.252 e. The quantitative estimate of drug-likeness (QED) is 0.360. The molecule has 2 aromatic carbocycles. The maximum absolute atomic E-state index is 9.55. The van der Waals surface area contributed by atoms with E-state index in [0.29, 0.717) is 29.7 Å². The van der Waals surface area contributed by atoms with Gasteiger partial charge in [-0.1, -0.05) is 85.2 Å². The number of aliphatic hydroxyl groups excluding tert-OH is 2. The second kappa shape index (κ2) is 10.7. The van der Waals surface area contributed by atoms with E-state index in [9.17, 15) is 5.11 Å². The van der Waals surface area contributed by atoms with Crippen molar-refractivity contribution in [1.82, 2.24) is 15.5 Å². The molecule has 1 unspecified atom stereocenters. The van der Waals surface area contributed by atoms with E-state index in [1.54, 1.807) is 0 Å². The number of benzene rings is 2. The highest BCUT2D eigenvalue weighted by molar-refractivity contribution is 6.32. The number of ether oxygens (including phenoxy) is 1. The molecule has 1 aliphatic rings. The molecule has 0 bridgehead atoms. The zero-order valence-electron chi connectivity index (χ0n) is 19.9. The van der Waals surface area contributed by atoms with Crippen molar-refractivity contribution in [2.24, 2.45) is 5.41 Å². The van der Waals surface area contributed by atoms with Crippen molar-refractivity contribution in [3.8, 4) is 5.75 Å². The van der Waals surface area contributed by atoms with Gasteiger partial charge in [0.05, 0.1) is 17.0 Å². The summed E-state index contributed by atoms with van der Waals surface area (Å²) in [6.45, 7) is 5.31. The van der Waals surface area contributed by atoms with E-state index in [2.05, 4.69) is 47.5 Å². The van der Waals surface area contributed by atoms with E-state index in [1.807, 2.05) is 48.6 Å². The van der Waals surface area contributed by atoms with Gasteiger partial charge in [-0.15, -0.1) is 0 Å². The molecular formula is C27H30ClN3O4. The van der Waals surface area contributed by atoms with Gasteiger partial charge in [0.25, 0.3) is 5.89 Å². The molecule has 8 heteroatoms. The number of nitrogens with zero attached hydrogens (tertiary/aromatic N) is 2. The molecule has 3 N–H and O–H groups in total. The van der Waals surface area contributed by atoms with E-state index >= 15 is 0 Å². The molecule has 35 heavy (non-hydrogen) atoms. The Morgan fingerprint density at radius 2 is 1.91 bits per heavy atom. The fraction of sp³-hybridized carbons (Fsp3) is 0.333. The fourth-order valence-electron chi connectivity index (χ4n) is 4.46. The Morgan fingerprint density at radius 3 is 2.60 bits per heavy atom. The van der Waals surface area contributed by atoms with Crippen LogP contribution in [0.5, 0.6) is 5.75 Å². The Bertz CT molecular complexity index is 1210. The predicted octanol–water partition coefficient (Wildman–Crippen LogP) is 4.29. The van der Waals surface area contributed by atoms with Crippen LogP contribution in [0.25, 0.3) is 5.57 Å². The van der Waals surface area contributed by atoms with Gasteiger partial charge in [0.1, 0.15) is 19.0 Å². The first-order valence-electron chi connectivity index (χ1n) is 11.5. The highest BCUT2D eigenvalue weighted by Gasteiger charge is 2.52. The third kappa shape index (κ3) is 5.04. The molecule has 0 spiro atoms. The maximum atomic E-state index is 9.55. The third-order valence-corrected chi connectivity index (χ3v) is 6.88. The number of halogens is 1. The molecule has 0 radical (unpaired) electrons. The summed E-state index contributed by atoms with van der Waals surface area (Å²) < 4.78 is 11.6. The van der Waals surface area contributed by atoms with E-state index in [0.717, 1.165) is 16.7 Å². The number of hydrogen-bond acceptors (Lipinski definition) is 7. The Hall–Kier alpha value is -2.97. The smallest absolute Gasteiger partial charge is 0.252 e. The minimum Gasteiger partial charge on any atom is -0.491 e. The lowest BCUT2D eigenvalue weighted by Crippen LogP contribution is -2.48. The standard InChI is InChI=1S/C27H30ClN3O4/c1-26(2)21(20-7-4-3-5-8-20)9-6-12-27(26,25-30-24(17-33)35-31-25)18-34-23-11-10-19(15-22(23)28)16-29-13-14-32/h3-12,15,29,32-33H,13-14,16-18H2,1-2H3. The van der Waals surface area contributed by atoms with Crippen molar-refractivity contribution in [2.45, 2.75) is 32.4 Å². The largest absolute Gasteiger partial charge is 0.491 e. The Kier molecular flexibility index (Phi) is 7.72. The molecule has 1 aromatic heterocycles. The fourth-order valence-corrected chi connectivity index (χ4v) is 4.72. The summed E-state index contributed by atoms with van der Waals surface area (Å²) >= 11 is 6.56. The summed E-state index contributed by atoms with van der Waals surface area (Å²) in [5.74, 6) is 1.13. The van der Waals surface area contributed by atoms with Crippen LogP contribution in [0, 0.1) is 5.41 Å². The Morgan fingerprint density at radius 1 is 1.11 bits per heavy atom. The lowest BCUT2D eigenvalue weighted by molar-refractivity contribution is 0.157. The van der Waals surface area contributed by atoms with Gasteiger partial charge < -0.3 is 24.8 Å². The van der Waals surface area contributed by atoms with E-state index in [1.165, 1.54) is 0 Å². The van der Waals surface area contributed by atoms with E-state index < -0.39 is 10.8 Å². The molecule has 184 valence electrons. The monoisotopic (exact) mass is 495 g/mol. The summed E-state index contributed by atoms with van der Waals surface area (Å²) in [4.78, 5) is 4.49. The molecule has 0 amide bonds. The minimum atomic E-state index is -0.797. The molecule has 0 aliphatic heterocycles. The van der Waals surface area contributed by atoms with Crippen LogP contribution in [0.1, 0.15) is 36.7 Å². The van der Waals surface area contributed by atoms with Gasteiger partial charge in [0.2, 0.25) is 0 Å². The van der Waals surface area contributed by atoms with Gasteiger partial charge >= 0.3 is 0 Å². The molecule has 7 nitrogen and oxygen atoms in total. The van der Waals surface area contributed by atoms with Gasteiger partial charge in [-0.05, 0) is 28.8 Å². The molecule has 0 saturated carbocycles. The van der Waals surface area contributed by atoms with Crippen LogP contribution in [0.2, 0.25) is 5.02 Å². The lowest BCUT2D eigenvalue weighted by Gasteiger charge is -2.46. The van der Waals surface area contributed by atoms with Crippen LogP contribution in [-0.4, -0.2) is 40.1 Å². The molecule has 3 aromatic rings. The van der Waals surface area contributed by atoms with Crippen molar-refractivity contribution in [2.75, 3.05) is 19.8 Å². The number of rotatable bonds is 10. The number of allylic oxidation sites excluding steroid dienone is 3. The van der Waals surface area contributed by atoms with Crippen molar-refractivity contribution < 1.29 is 19.5 Å². The molecule has 0 fully saturated rings. The highest BCUT2D eigenvalue weighted by atomic mass is 35.5. The Labute approximate surface area is 210 Å². The van der Waals surface area contributed by atoms with Crippen LogP contribution < -0.4 is 10.1 Å². The summed E-state index contributed by atoms with van der Waals surface area (Å²) in [7, 11) is 0. The third-order valence-electron chi connectivity index (χ3n) is 6.59. The van der Waals surface area contributed by atoms with Crippen LogP contribution in [-0.2, 0) is 18.6 Å². The minimum absolute atomic E-state index is 0.0772. The second-order valence-corrected chi connectivity index (χ2v) is 9.43. The van der Waals surface area contributed by atoms with Gasteiger partial charge in [0.15, 0.2) is 5.82 Å². The van der Waals surface area contributed by atoms with Crippen LogP contribution in [0.3, 0.4) is 0 Å². The average molecular weight is 496 g/mol. The average Bonchev–Trinajstić information content (AvgIpc) is 3.34. The zero-order chi connectivity index (χ0) is 24.9. The zero-order valence-corrected chi connectivity index (χ0v) is 20.6. The number of nitrogens with one attached hydrogen (secondary N) is 1. The summed E-state index contributed by atoms with van der Waals surface area (Å²) in [5, 5.41) is 26.4. The topological polar surface area (TPSA) is 101 Å². The SMILES string of the molecule is CC1(C)C(c2ccccc2)=CC=CC1(COc1ccc(CNCCO)cc1Cl)c1noc(CO)n1. The first kappa shape index (κ1) is 25.1. The Balaban J connectivity index is 1.67. The van der Waals surface area contributed by atoms with E-state index in [-0.39, 0.29) is 25.7 Å². The van der Waals surface area contributed by atoms with Gasteiger partial charge in [0, 0.05) is 18.5 Å². The first-order chi connectivity index (χ1) is 16.9. The van der Waals surface area contributed by atoms with Gasteiger partial charge in [-0.2, -0.15) is 4.98 Å². The van der Waals surface area contributed by atoms with Crippen LogP contribution in [0.4, 0.5) is 0 Å². The van der Waals surface area contributed by atoms with Crippen molar-refractivity contribution in [3.05, 3.63) is 94.6 Å². The number of hydrogen-bond donors (Lipinski definition) is 3. The van der Waals surface area contributed by atoms with Gasteiger partial charge in [-0.3, -0.25) is 0 Å². The molecule has 4 rings (SSSR count). The summed E-state index contributed by atoms with van der Waals surface area (Å²) in [6, 6.07) is 15.8. The van der Waals surface area contributed by atoms with Crippen LogP contribution >= 0.6 is 11.6 Å². The molecular weight excluding hydrogens is 466 g/mol. The summed E-state index contributed by atoms with van der Waals surface area (Å²) in [5.41, 5.74) is 1.89. The van der Waals surface area contributed by atoms with Gasteiger partial charge in [-0.25, -0.2) is 0 Å². The van der Waals surface area contributed by atoms with Crippen molar-refractivity contribution in [1.29, 1.82) is 0 Å². The number of aromatic nitrogens is 2. The summed E-state index contributed by atoms with van der Waals surface area (Å²) in [6.07, 6.45) is 6.12. The number of aliphatic hydroxyl groups is 2. The van der Waals surface area contributed by atoms with Crippen LogP contribution in [0.15, 0.2) is 71.3 Å². The molecule has 1 aliphatic carbocycles. The molecule has 1 atom stereocenters.